The third-order valence-electron chi connectivity index (χ3n) is 3.73. The fourth-order valence-electron chi connectivity index (χ4n) is 2.77. The van der Waals surface area contributed by atoms with Crippen molar-refractivity contribution < 1.29 is 9.90 Å². The molecule has 1 aromatic rings. The zero-order valence-corrected chi connectivity index (χ0v) is 8.36. The van der Waals surface area contributed by atoms with Crippen LogP contribution in [0.15, 0.2) is 24.3 Å². The Labute approximate surface area is 88.1 Å². The van der Waals surface area contributed by atoms with Gasteiger partial charge in [-0.1, -0.05) is 12.1 Å². The Bertz CT molecular complexity index is 399. The van der Waals surface area contributed by atoms with Gasteiger partial charge in [-0.05, 0) is 30.5 Å². The summed E-state index contributed by atoms with van der Waals surface area (Å²) >= 11 is 0. The lowest BCUT2D eigenvalue weighted by Crippen LogP contribution is -2.60. The number of phenolic OH excluding ortho intramolecular Hbond substituents is 1. The van der Waals surface area contributed by atoms with Gasteiger partial charge in [0.1, 0.15) is 5.75 Å². The minimum Gasteiger partial charge on any atom is -0.508 e. The van der Waals surface area contributed by atoms with Crippen LogP contribution in [0, 0.1) is 5.92 Å². The molecule has 0 spiro atoms. The third-order valence-corrected chi connectivity index (χ3v) is 3.73. The van der Waals surface area contributed by atoms with Crippen LogP contribution < -0.4 is 5.32 Å². The first-order chi connectivity index (χ1) is 7.20. The van der Waals surface area contributed by atoms with Crippen molar-refractivity contribution in [1.82, 2.24) is 5.32 Å². The van der Waals surface area contributed by atoms with Crippen LogP contribution in [0.2, 0.25) is 0 Å². The number of piperidine rings is 2. The number of benzene rings is 1. The Morgan fingerprint density at radius 2 is 1.93 bits per heavy atom. The summed E-state index contributed by atoms with van der Waals surface area (Å²) in [5.74, 6) is 0.717. The Morgan fingerprint density at radius 3 is 2.47 bits per heavy atom. The Kier molecular flexibility index (Phi) is 1.61. The van der Waals surface area contributed by atoms with Crippen LogP contribution in [0.5, 0.6) is 5.75 Å². The van der Waals surface area contributed by atoms with Crippen LogP contribution in [0.4, 0.5) is 0 Å². The van der Waals surface area contributed by atoms with Crippen molar-refractivity contribution in [3.63, 3.8) is 0 Å². The van der Waals surface area contributed by atoms with Gasteiger partial charge < -0.3 is 10.4 Å². The zero-order chi connectivity index (χ0) is 10.5. The lowest BCUT2D eigenvalue weighted by atomic mass is 9.56. The first-order valence-electron chi connectivity index (χ1n) is 5.27. The number of phenols is 1. The molecule has 3 nitrogen and oxygen atoms in total. The van der Waals surface area contributed by atoms with Crippen molar-refractivity contribution in [3.8, 4) is 5.75 Å². The number of fused-ring (bicyclic) bond motifs is 2. The van der Waals surface area contributed by atoms with Gasteiger partial charge in [0, 0.05) is 17.9 Å². The molecule has 1 aromatic carbocycles. The van der Waals surface area contributed by atoms with E-state index in [9.17, 15) is 9.90 Å². The second-order valence-corrected chi connectivity index (χ2v) is 4.65. The van der Waals surface area contributed by atoms with Gasteiger partial charge in [0.2, 0.25) is 5.91 Å². The van der Waals surface area contributed by atoms with Gasteiger partial charge in [-0.2, -0.15) is 0 Å². The van der Waals surface area contributed by atoms with E-state index in [2.05, 4.69) is 5.32 Å². The molecule has 15 heavy (non-hydrogen) atoms. The topological polar surface area (TPSA) is 49.3 Å². The van der Waals surface area contributed by atoms with Gasteiger partial charge in [-0.3, -0.25) is 4.79 Å². The van der Waals surface area contributed by atoms with Crippen LogP contribution in [-0.2, 0) is 10.2 Å². The average Bonchev–Trinajstić information content (AvgIpc) is 2.18. The predicted octanol–water partition coefficient (Wildman–Crippen LogP) is 1.17. The molecule has 2 N–H and O–H groups in total. The minimum atomic E-state index is 0.145. The van der Waals surface area contributed by atoms with E-state index >= 15 is 0 Å². The maximum absolute atomic E-state index is 11.3. The molecule has 78 valence electrons. The van der Waals surface area contributed by atoms with Gasteiger partial charge in [0.25, 0.3) is 0 Å². The number of aromatic hydroxyl groups is 1. The highest BCUT2D eigenvalue weighted by Gasteiger charge is 2.52. The molecule has 2 heterocycles. The van der Waals surface area contributed by atoms with Crippen molar-refractivity contribution in [3.05, 3.63) is 29.8 Å². The average molecular weight is 203 g/mol. The summed E-state index contributed by atoms with van der Waals surface area (Å²) in [7, 11) is 0. The van der Waals surface area contributed by atoms with Crippen molar-refractivity contribution >= 4 is 5.91 Å². The lowest BCUT2D eigenvalue weighted by molar-refractivity contribution is -0.135. The molecule has 0 radical (unpaired) electrons. The van der Waals surface area contributed by atoms with Gasteiger partial charge in [-0.15, -0.1) is 0 Å². The second-order valence-electron chi connectivity index (χ2n) is 4.65. The molecular formula is C12H13NO2. The van der Waals surface area contributed by atoms with Crippen molar-refractivity contribution in [2.75, 3.05) is 6.54 Å². The highest BCUT2D eigenvalue weighted by molar-refractivity contribution is 5.82. The SMILES string of the molecule is O=C1NCC2(c3ccc(O)cc3)CC1C2. The molecule has 3 fully saturated rings. The van der Waals surface area contributed by atoms with E-state index in [4.69, 9.17) is 0 Å². The van der Waals surface area contributed by atoms with Crippen molar-refractivity contribution in [1.29, 1.82) is 0 Å². The molecule has 0 atom stereocenters. The monoisotopic (exact) mass is 203 g/mol. The number of hydrogen-bond donors (Lipinski definition) is 2. The number of carbonyl (C=O) groups is 1. The maximum atomic E-state index is 11.3. The summed E-state index contributed by atoms with van der Waals surface area (Å²) in [5, 5.41) is 12.2. The molecular weight excluding hydrogens is 190 g/mol. The van der Waals surface area contributed by atoms with E-state index in [-0.39, 0.29) is 17.2 Å². The maximum Gasteiger partial charge on any atom is 0.223 e. The lowest BCUT2D eigenvalue weighted by Gasteiger charge is -2.52. The molecule has 1 amide bonds. The van der Waals surface area contributed by atoms with Gasteiger partial charge in [0.05, 0.1) is 0 Å². The summed E-state index contributed by atoms with van der Waals surface area (Å²) in [5.41, 5.74) is 1.38. The summed E-state index contributed by atoms with van der Waals surface area (Å²) < 4.78 is 0. The molecule has 1 saturated carbocycles. The van der Waals surface area contributed by atoms with Crippen LogP contribution in [-0.4, -0.2) is 17.6 Å². The number of rotatable bonds is 1. The quantitative estimate of drug-likeness (QED) is 0.719. The van der Waals surface area contributed by atoms with Crippen LogP contribution in [0.1, 0.15) is 18.4 Å². The first-order valence-corrected chi connectivity index (χ1v) is 5.27. The smallest absolute Gasteiger partial charge is 0.223 e. The first kappa shape index (κ1) is 8.77. The Morgan fingerprint density at radius 1 is 1.27 bits per heavy atom. The zero-order valence-electron chi connectivity index (χ0n) is 8.36. The van der Waals surface area contributed by atoms with E-state index in [0.29, 0.717) is 5.75 Å². The van der Waals surface area contributed by atoms with E-state index in [1.165, 1.54) is 5.56 Å². The van der Waals surface area contributed by atoms with E-state index in [0.717, 1.165) is 19.4 Å². The fraction of sp³-hybridized carbons (Fsp3) is 0.417. The standard InChI is InChI=1S/C12H13NO2/c14-10-3-1-9(2-4-10)12-5-8(6-12)11(15)13-7-12/h1-4,8,14H,5-7H2,(H,13,15). The van der Waals surface area contributed by atoms with Crippen LogP contribution in [0.3, 0.4) is 0 Å². The predicted molar refractivity (Wildman–Crippen MR) is 55.5 cm³/mol. The molecule has 0 aromatic heterocycles. The molecule has 2 saturated heterocycles. The largest absolute Gasteiger partial charge is 0.508 e. The molecule has 4 rings (SSSR count). The Hall–Kier alpha value is -1.51. The second kappa shape index (κ2) is 2.75. The van der Waals surface area contributed by atoms with Gasteiger partial charge in [-0.25, -0.2) is 0 Å². The summed E-state index contributed by atoms with van der Waals surface area (Å²) in [6.07, 6.45) is 1.92. The Balaban J connectivity index is 1.90. The molecule has 1 aliphatic carbocycles. The molecule has 2 bridgehead atoms. The molecule has 0 unspecified atom stereocenters. The summed E-state index contributed by atoms with van der Waals surface area (Å²) in [6, 6.07) is 7.35. The third kappa shape index (κ3) is 1.16. The van der Waals surface area contributed by atoms with Crippen LogP contribution in [0.25, 0.3) is 0 Å². The van der Waals surface area contributed by atoms with Crippen LogP contribution >= 0.6 is 0 Å². The van der Waals surface area contributed by atoms with E-state index in [1.807, 2.05) is 12.1 Å². The number of nitrogens with one attached hydrogen (secondary N) is 1. The number of hydrogen-bond acceptors (Lipinski definition) is 2. The fourth-order valence-corrected chi connectivity index (χ4v) is 2.77. The highest BCUT2D eigenvalue weighted by atomic mass is 16.3. The van der Waals surface area contributed by atoms with Crippen molar-refractivity contribution in [2.45, 2.75) is 18.3 Å². The number of carbonyl (C=O) groups excluding carboxylic acids is 1. The summed E-state index contributed by atoms with van der Waals surface area (Å²) in [4.78, 5) is 11.3. The van der Waals surface area contributed by atoms with E-state index < -0.39 is 0 Å². The van der Waals surface area contributed by atoms with Gasteiger partial charge in [0.15, 0.2) is 0 Å². The minimum absolute atomic E-state index is 0.145. The summed E-state index contributed by atoms with van der Waals surface area (Å²) in [6.45, 7) is 0.743. The molecule has 2 aliphatic heterocycles. The molecule has 3 heteroatoms. The molecule has 3 aliphatic rings. The van der Waals surface area contributed by atoms with Crippen molar-refractivity contribution in [2.24, 2.45) is 5.92 Å². The highest BCUT2D eigenvalue weighted by Crippen LogP contribution is 2.50. The van der Waals surface area contributed by atoms with Gasteiger partial charge >= 0.3 is 0 Å². The number of amides is 1. The normalized spacial score (nSPS) is 33.1. The van der Waals surface area contributed by atoms with E-state index in [1.54, 1.807) is 12.1 Å².